The van der Waals surface area contributed by atoms with E-state index < -0.39 is 17.6 Å². The molecule has 0 saturated heterocycles. The second-order valence-corrected chi connectivity index (χ2v) is 6.72. The molecule has 29 heavy (non-hydrogen) atoms. The van der Waals surface area contributed by atoms with E-state index in [2.05, 4.69) is 5.32 Å². The van der Waals surface area contributed by atoms with E-state index in [9.17, 15) is 18.8 Å². The zero-order valence-electron chi connectivity index (χ0n) is 15.4. The molecule has 144 valence electrons. The van der Waals surface area contributed by atoms with Crippen LogP contribution < -0.4 is 5.32 Å². The highest BCUT2D eigenvalue weighted by atomic mass is 19.1. The van der Waals surface area contributed by atoms with Gasteiger partial charge in [0.2, 0.25) is 0 Å². The van der Waals surface area contributed by atoms with Crippen LogP contribution in [0.15, 0.2) is 72.8 Å². The molecule has 6 heteroatoms. The van der Waals surface area contributed by atoms with E-state index in [4.69, 9.17) is 0 Å². The summed E-state index contributed by atoms with van der Waals surface area (Å²) in [5.41, 5.74) is 1.91. The number of hydrogen-bond donors (Lipinski definition) is 1. The van der Waals surface area contributed by atoms with Gasteiger partial charge in [-0.05, 0) is 29.8 Å². The summed E-state index contributed by atoms with van der Waals surface area (Å²) < 4.78 is 13.7. The van der Waals surface area contributed by atoms with Crippen LogP contribution in [0.3, 0.4) is 0 Å². The van der Waals surface area contributed by atoms with E-state index in [-0.39, 0.29) is 35.7 Å². The molecule has 0 saturated carbocycles. The number of fused-ring (bicyclic) bond motifs is 1. The molecule has 1 aliphatic heterocycles. The summed E-state index contributed by atoms with van der Waals surface area (Å²) >= 11 is 0. The first-order valence-electron chi connectivity index (χ1n) is 9.10. The lowest BCUT2D eigenvalue weighted by molar-refractivity contribution is 0.0642. The maximum atomic E-state index is 13.7. The normalized spacial score (nSPS) is 12.8. The van der Waals surface area contributed by atoms with Crippen LogP contribution in [-0.2, 0) is 13.1 Å². The van der Waals surface area contributed by atoms with Gasteiger partial charge in [-0.15, -0.1) is 0 Å². The largest absolute Gasteiger partial charge is 0.348 e. The highest BCUT2D eigenvalue weighted by molar-refractivity contribution is 6.22. The quantitative estimate of drug-likeness (QED) is 0.680. The molecule has 5 nitrogen and oxygen atoms in total. The van der Waals surface area contributed by atoms with E-state index in [0.717, 1.165) is 5.56 Å². The Morgan fingerprint density at radius 2 is 1.55 bits per heavy atom. The fourth-order valence-corrected chi connectivity index (χ4v) is 3.26. The first-order valence-corrected chi connectivity index (χ1v) is 9.10. The van der Waals surface area contributed by atoms with Gasteiger partial charge in [-0.2, -0.15) is 0 Å². The van der Waals surface area contributed by atoms with Gasteiger partial charge >= 0.3 is 0 Å². The van der Waals surface area contributed by atoms with Crippen LogP contribution in [0.5, 0.6) is 0 Å². The van der Waals surface area contributed by atoms with E-state index in [1.165, 1.54) is 29.2 Å². The molecule has 3 aromatic rings. The van der Waals surface area contributed by atoms with E-state index in [1.54, 1.807) is 18.2 Å². The Balaban J connectivity index is 1.51. The molecule has 1 heterocycles. The first-order chi connectivity index (χ1) is 14.0. The number of rotatable bonds is 5. The molecule has 0 bridgehead atoms. The maximum Gasteiger partial charge on any atom is 0.261 e. The van der Waals surface area contributed by atoms with Crippen LogP contribution in [-0.4, -0.2) is 22.6 Å². The third-order valence-electron chi connectivity index (χ3n) is 4.81. The fourth-order valence-electron chi connectivity index (χ4n) is 3.26. The van der Waals surface area contributed by atoms with Crippen molar-refractivity contribution in [3.63, 3.8) is 0 Å². The molecule has 0 aliphatic carbocycles. The van der Waals surface area contributed by atoms with Gasteiger partial charge in [0.15, 0.2) is 0 Å². The van der Waals surface area contributed by atoms with Crippen molar-refractivity contribution >= 4 is 17.7 Å². The predicted molar refractivity (Wildman–Crippen MR) is 105 cm³/mol. The van der Waals surface area contributed by atoms with Crippen LogP contribution in [0.4, 0.5) is 4.39 Å². The van der Waals surface area contributed by atoms with Crippen molar-refractivity contribution in [2.75, 3.05) is 0 Å². The lowest BCUT2D eigenvalue weighted by atomic mass is 10.1. The number of carbonyl (C=O) groups excluding carboxylic acids is 3. The zero-order chi connectivity index (χ0) is 20.4. The molecule has 0 fully saturated rings. The number of carbonyl (C=O) groups is 3. The van der Waals surface area contributed by atoms with Gasteiger partial charge in [0.05, 0.1) is 17.7 Å². The molecule has 0 atom stereocenters. The van der Waals surface area contributed by atoms with Crippen molar-refractivity contribution in [1.82, 2.24) is 10.2 Å². The summed E-state index contributed by atoms with van der Waals surface area (Å²) in [5.74, 6) is -1.67. The second kappa shape index (κ2) is 7.67. The SMILES string of the molecule is O=C(NCc1ccccc1F)c1ccc2c(c1)C(=O)N(Cc1ccccc1)C2=O. The Bertz CT molecular complexity index is 1110. The Labute approximate surface area is 166 Å². The summed E-state index contributed by atoms with van der Waals surface area (Å²) in [6.45, 7) is 0.192. The van der Waals surface area contributed by atoms with Crippen LogP contribution >= 0.6 is 0 Å². The van der Waals surface area contributed by atoms with Crippen molar-refractivity contribution in [2.45, 2.75) is 13.1 Å². The third kappa shape index (κ3) is 3.65. The molecule has 1 aliphatic rings. The predicted octanol–water partition coefficient (Wildman–Crippen LogP) is 3.55. The summed E-state index contributed by atoms with van der Waals surface area (Å²) in [4.78, 5) is 39.0. The number of imide groups is 1. The van der Waals surface area contributed by atoms with E-state index in [0.29, 0.717) is 5.56 Å². The fraction of sp³-hybridized carbons (Fsp3) is 0.0870. The smallest absolute Gasteiger partial charge is 0.261 e. The number of hydrogen-bond acceptors (Lipinski definition) is 3. The van der Waals surface area contributed by atoms with Crippen molar-refractivity contribution < 1.29 is 18.8 Å². The van der Waals surface area contributed by atoms with Crippen LogP contribution in [0.2, 0.25) is 0 Å². The molecule has 3 aromatic carbocycles. The van der Waals surface area contributed by atoms with Crippen molar-refractivity contribution in [1.29, 1.82) is 0 Å². The molecule has 0 spiro atoms. The van der Waals surface area contributed by atoms with E-state index in [1.807, 2.05) is 30.3 Å². The third-order valence-corrected chi connectivity index (χ3v) is 4.81. The van der Waals surface area contributed by atoms with Gasteiger partial charge in [0.1, 0.15) is 5.82 Å². The number of nitrogens with one attached hydrogen (secondary N) is 1. The van der Waals surface area contributed by atoms with Gasteiger partial charge in [-0.25, -0.2) is 4.39 Å². The van der Waals surface area contributed by atoms with Gasteiger partial charge in [-0.3, -0.25) is 19.3 Å². The van der Waals surface area contributed by atoms with Gasteiger partial charge in [0.25, 0.3) is 17.7 Å². The number of halogens is 1. The van der Waals surface area contributed by atoms with Gasteiger partial charge in [-0.1, -0.05) is 48.5 Å². The molecule has 4 rings (SSSR count). The molecule has 0 unspecified atom stereocenters. The van der Waals surface area contributed by atoms with Gasteiger partial charge < -0.3 is 5.32 Å². The summed E-state index contributed by atoms with van der Waals surface area (Å²) in [6, 6.07) is 19.8. The highest BCUT2D eigenvalue weighted by Crippen LogP contribution is 2.25. The van der Waals surface area contributed by atoms with Crippen LogP contribution in [0.1, 0.15) is 42.2 Å². The molecule has 1 N–H and O–H groups in total. The molecule has 0 radical (unpaired) electrons. The second-order valence-electron chi connectivity index (χ2n) is 6.72. The minimum Gasteiger partial charge on any atom is -0.348 e. The lowest BCUT2D eigenvalue weighted by Gasteiger charge is -2.13. The first kappa shape index (κ1) is 18.6. The number of benzene rings is 3. The average molecular weight is 388 g/mol. The average Bonchev–Trinajstić information content (AvgIpc) is 2.98. The lowest BCUT2D eigenvalue weighted by Crippen LogP contribution is -2.29. The summed E-state index contributed by atoms with van der Waals surface area (Å²) in [6.07, 6.45) is 0. The van der Waals surface area contributed by atoms with Crippen LogP contribution in [0.25, 0.3) is 0 Å². The minimum absolute atomic E-state index is 0.0234. The van der Waals surface area contributed by atoms with Crippen molar-refractivity contribution in [3.05, 3.63) is 106 Å². The van der Waals surface area contributed by atoms with E-state index >= 15 is 0 Å². The van der Waals surface area contributed by atoms with Crippen LogP contribution in [0, 0.1) is 5.82 Å². The maximum absolute atomic E-state index is 13.7. The Hall–Kier alpha value is -3.80. The number of amides is 3. The molecular weight excluding hydrogens is 371 g/mol. The standard InChI is InChI=1S/C23H17FN2O3/c24-20-9-5-4-8-17(20)13-25-21(27)16-10-11-18-19(12-16)23(29)26(22(18)28)14-15-6-2-1-3-7-15/h1-12H,13-14H2,(H,25,27). The molecule has 3 amide bonds. The topological polar surface area (TPSA) is 66.5 Å². The highest BCUT2D eigenvalue weighted by Gasteiger charge is 2.35. The Kier molecular flexibility index (Phi) is 4.91. The Morgan fingerprint density at radius 3 is 2.31 bits per heavy atom. The molecule has 0 aromatic heterocycles. The van der Waals surface area contributed by atoms with Gasteiger partial charge in [0, 0.05) is 17.7 Å². The summed E-state index contributed by atoms with van der Waals surface area (Å²) in [7, 11) is 0. The zero-order valence-corrected chi connectivity index (χ0v) is 15.4. The monoisotopic (exact) mass is 388 g/mol. The Morgan fingerprint density at radius 1 is 0.862 bits per heavy atom. The number of nitrogens with zero attached hydrogens (tertiary/aromatic N) is 1. The summed E-state index contributed by atoms with van der Waals surface area (Å²) in [5, 5.41) is 2.64. The van der Waals surface area contributed by atoms with Crippen molar-refractivity contribution in [3.8, 4) is 0 Å². The molecular formula is C23H17FN2O3. The minimum atomic E-state index is -0.446. The van der Waals surface area contributed by atoms with Crippen molar-refractivity contribution in [2.24, 2.45) is 0 Å².